The Morgan fingerprint density at radius 3 is 2.34 bits per heavy atom. The fourth-order valence-electron chi connectivity index (χ4n) is 3.72. The van der Waals surface area contributed by atoms with E-state index in [9.17, 15) is 14.4 Å². The normalized spacial score (nSPS) is 13.9. The second kappa shape index (κ2) is 7.95. The zero-order valence-electron chi connectivity index (χ0n) is 16.9. The molecule has 158 valence electrons. The number of rotatable bonds is 5. The minimum atomic E-state index is -0.821. The zero-order chi connectivity index (χ0) is 22.1. The molecular formula is C23H18N6O3. The van der Waals surface area contributed by atoms with Crippen LogP contribution in [0.2, 0.25) is 0 Å². The predicted octanol–water partition coefficient (Wildman–Crippen LogP) is 2.08. The molecule has 32 heavy (non-hydrogen) atoms. The number of carbonyl (C=O) groups is 3. The Hall–Kier alpha value is -4.53. The maximum atomic E-state index is 12.1. The summed E-state index contributed by atoms with van der Waals surface area (Å²) < 4.78 is 3.77. The number of barbiturate groups is 1. The summed E-state index contributed by atoms with van der Waals surface area (Å²) in [6.45, 7) is 1.09. The van der Waals surface area contributed by atoms with E-state index in [1.165, 1.54) is 6.08 Å². The first-order valence-electron chi connectivity index (χ1n) is 9.96. The second-order valence-corrected chi connectivity index (χ2v) is 7.42. The minimum absolute atomic E-state index is 0.124. The van der Waals surface area contributed by atoms with Crippen LogP contribution < -0.4 is 10.6 Å². The number of carbonyl (C=O) groups excluding carboxylic acids is 3. The first kappa shape index (κ1) is 19.4. The van der Waals surface area contributed by atoms with Gasteiger partial charge in [-0.3, -0.25) is 20.2 Å². The Kier molecular flexibility index (Phi) is 4.83. The summed E-state index contributed by atoms with van der Waals surface area (Å²) in [4.78, 5) is 35.5. The van der Waals surface area contributed by atoms with E-state index in [1.807, 2.05) is 71.6 Å². The van der Waals surface area contributed by atoms with Crippen LogP contribution in [0.1, 0.15) is 16.8 Å². The summed E-state index contributed by atoms with van der Waals surface area (Å²) in [6.07, 6.45) is 5.24. The molecule has 1 aliphatic rings. The van der Waals surface area contributed by atoms with Crippen LogP contribution in [0, 0.1) is 0 Å². The van der Waals surface area contributed by atoms with Crippen molar-refractivity contribution in [3.05, 3.63) is 89.4 Å². The maximum absolute atomic E-state index is 12.1. The topological polar surface area (TPSA) is 111 Å². The fourth-order valence-corrected chi connectivity index (χ4v) is 3.72. The molecule has 3 heterocycles. The molecule has 0 atom stereocenters. The van der Waals surface area contributed by atoms with Crippen LogP contribution in [0.25, 0.3) is 17.0 Å². The number of imide groups is 2. The van der Waals surface area contributed by atoms with E-state index in [-0.39, 0.29) is 5.57 Å². The van der Waals surface area contributed by atoms with Crippen molar-refractivity contribution in [2.75, 3.05) is 0 Å². The lowest BCUT2D eigenvalue weighted by atomic mass is 10.1. The largest absolute Gasteiger partial charge is 0.341 e. The Morgan fingerprint density at radius 1 is 0.844 bits per heavy atom. The molecule has 0 spiro atoms. The molecule has 1 aliphatic heterocycles. The number of aromatic nitrogens is 4. The zero-order valence-corrected chi connectivity index (χ0v) is 16.9. The highest BCUT2D eigenvalue weighted by atomic mass is 16.2. The molecule has 2 aromatic carbocycles. The third-order valence-electron chi connectivity index (χ3n) is 5.17. The van der Waals surface area contributed by atoms with Crippen molar-refractivity contribution in [3.63, 3.8) is 0 Å². The van der Waals surface area contributed by atoms with Crippen LogP contribution in [0.5, 0.6) is 0 Å². The van der Waals surface area contributed by atoms with Gasteiger partial charge in [-0.25, -0.2) is 9.48 Å². The van der Waals surface area contributed by atoms with E-state index in [2.05, 4.69) is 20.9 Å². The number of nitrogens with one attached hydrogen (secondary N) is 2. The highest BCUT2D eigenvalue weighted by Crippen LogP contribution is 2.25. The molecule has 4 aromatic rings. The van der Waals surface area contributed by atoms with Crippen molar-refractivity contribution in [1.82, 2.24) is 30.2 Å². The molecule has 9 nitrogen and oxygen atoms in total. The SMILES string of the molecule is O=C1NC(=O)C(=Cc2cn(Cc3cn(Cc4ccccc4)nn3)c3ccccc23)C(=O)N1. The van der Waals surface area contributed by atoms with Crippen molar-refractivity contribution in [2.24, 2.45) is 0 Å². The number of para-hydroxylation sites is 1. The standard InChI is InChI=1S/C23H18N6O3/c30-21-19(22(31)25-23(32)24-21)10-16-12-28(20-9-5-4-8-18(16)20)13-17-14-29(27-26-17)11-15-6-2-1-3-7-15/h1-10,12,14H,11,13H2,(H2,24,25,30,31,32). The molecule has 1 fully saturated rings. The van der Waals surface area contributed by atoms with Crippen molar-refractivity contribution < 1.29 is 14.4 Å². The molecule has 0 unspecified atom stereocenters. The van der Waals surface area contributed by atoms with Crippen molar-refractivity contribution in [1.29, 1.82) is 0 Å². The van der Waals surface area contributed by atoms with E-state index in [0.717, 1.165) is 22.2 Å². The van der Waals surface area contributed by atoms with Crippen molar-refractivity contribution in [2.45, 2.75) is 13.1 Å². The van der Waals surface area contributed by atoms with Crippen molar-refractivity contribution in [3.8, 4) is 0 Å². The molecular weight excluding hydrogens is 408 g/mol. The highest BCUT2D eigenvalue weighted by Gasteiger charge is 2.28. The Morgan fingerprint density at radius 2 is 1.56 bits per heavy atom. The third kappa shape index (κ3) is 3.79. The molecule has 2 aromatic heterocycles. The number of nitrogens with zero attached hydrogens (tertiary/aromatic N) is 4. The van der Waals surface area contributed by atoms with E-state index in [4.69, 9.17) is 0 Å². The molecule has 1 saturated heterocycles. The summed E-state index contributed by atoms with van der Waals surface area (Å²) in [5.41, 5.74) is 3.39. The average molecular weight is 426 g/mol. The van der Waals surface area contributed by atoms with Crippen LogP contribution in [0.3, 0.4) is 0 Å². The number of amides is 4. The average Bonchev–Trinajstić information content (AvgIpc) is 3.36. The van der Waals surface area contributed by atoms with E-state index in [0.29, 0.717) is 18.7 Å². The molecule has 0 radical (unpaired) electrons. The second-order valence-electron chi connectivity index (χ2n) is 7.42. The van der Waals surface area contributed by atoms with Gasteiger partial charge in [0.05, 0.1) is 19.3 Å². The van der Waals surface area contributed by atoms with Gasteiger partial charge in [0.15, 0.2) is 0 Å². The third-order valence-corrected chi connectivity index (χ3v) is 5.17. The quantitative estimate of drug-likeness (QED) is 0.375. The monoisotopic (exact) mass is 426 g/mol. The van der Waals surface area contributed by atoms with Gasteiger partial charge in [0, 0.05) is 22.7 Å². The number of hydrogen-bond donors (Lipinski definition) is 2. The van der Waals surface area contributed by atoms with Gasteiger partial charge >= 0.3 is 6.03 Å². The van der Waals surface area contributed by atoms with Gasteiger partial charge in [-0.15, -0.1) is 5.10 Å². The number of hydrogen-bond acceptors (Lipinski definition) is 5. The Labute approximate surface area is 182 Å². The predicted molar refractivity (Wildman–Crippen MR) is 116 cm³/mol. The van der Waals surface area contributed by atoms with Crippen LogP contribution in [-0.2, 0) is 22.7 Å². The van der Waals surface area contributed by atoms with Gasteiger partial charge in [-0.1, -0.05) is 53.7 Å². The Bertz CT molecular complexity index is 1360. The van der Waals surface area contributed by atoms with E-state index < -0.39 is 17.8 Å². The first-order valence-corrected chi connectivity index (χ1v) is 9.96. The van der Waals surface area contributed by atoms with Gasteiger partial charge in [-0.2, -0.15) is 0 Å². The van der Waals surface area contributed by atoms with Crippen LogP contribution in [0.4, 0.5) is 4.79 Å². The molecule has 2 N–H and O–H groups in total. The van der Waals surface area contributed by atoms with Crippen molar-refractivity contribution >= 4 is 34.8 Å². The highest BCUT2D eigenvalue weighted by molar-refractivity contribution is 6.31. The summed E-state index contributed by atoms with van der Waals surface area (Å²) in [7, 11) is 0. The van der Waals surface area contributed by atoms with E-state index in [1.54, 1.807) is 4.68 Å². The summed E-state index contributed by atoms with van der Waals surface area (Å²) in [5.74, 6) is -1.45. The number of benzene rings is 2. The summed E-state index contributed by atoms with van der Waals surface area (Å²) in [6, 6.07) is 16.9. The van der Waals surface area contributed by atoms with Gasteiger partial charge in [-0.05, 0) is 17.7 Å². The number of urea groups is 1. The Balaban J connectivity index is 1.45. The first-order chi connectivity index (χ1) is 15.6. The maximum Gasteiger partial charge on any atom is 0.328 e. The molecule has 0 saturated carbocycles. The molecule has 4 amide bonds. The molecule has 9 heteroatoms. The molecule has 0 aliphatic carbocycles. The summed E-state index contributed by atoms with van der Waals surface area (Å²) >= 11 is 0. The fraction of sp³-hybridized carbons (Fsp3) is 0.0870. The van der Waals surface area contributed by atoms with E-state index >= 15 is 0 Å². The molecule has 0 bridgehead atoms. The number of fused-ring (bicyclic) bond motifs is 1. The van der Waals surface area contributed by atoms with Gasteiger partial charge in [0.25, 0.3) is 11.8 Å². The van der Waals surface area contributed by atoms with Crippen LogP contribution in [-0.4, -0.2) is 37.4 Å². The molecule has 5 rings (SSSR count). The lowest BCUT2D eigenvalue weighted by Crippen LogP contribution is -2.51. The van der Waals surface area contributed by atoms with Crippen LogP contribution >= 0.6 is 0 Å². The van der Waals surface area contributed by atoms with Gasteiger partial charge < -0.3 is 4.57 Å². The van der Waals surface area contributed by atoms with Crippen LogP contribution in [0.15, 0.2) is 72.6 Å². The lowest BCUT2D eigenvalue weighted by Gasteiger charge is -2.13. The lowest BCUT2D eigenvalue weighted by molar-refractivity contribution is -0.123. The summed E-state index contributed by atoms with van der Waals surface area (Å²) in [5, 5.41) is 13.6. The van der Waals surface area contributed by atoms with Gasteiger partial charge in [0.2, 0.25) is 0 Å². The minimum Gasteiger partial charge on any atom is -0.341 e. The smallest absolute Gasteiger partial charge is 0.328 e. The van der Waals surface area contributed by atoms with Gasteiger partial charge in [0.1, 0.15) is 11.3 Å².